The van der Waals surface area contributed by atoms with Crippen LogP contribution in [0.1, 0.15) is 17.2 Å². The number of benzene rings is 1. The quantitative estimate of drug-likeness (QED) is 0.782. The van der Waals surface area contributed by atoms with Crippen molar-refractivity contribution in [3.05, 3.63) is 48.0 Å². The molecule has 1 aliphatic rings. The van der Waals surface area contributed by atoms with Gasteiger partial charge in [0.1, 0.15) is 6.10 Å². The van der Waals surface area contributed by atoms with E-state index in [2.05, 4.69) is 6.58 Å². The topological polar surface area (TPSA) is 29.5 Å². The van der Waals surface area contributed by atoms with E-state index in [4.69, 9.17) is 4.74 Å². The third kappa shape index (κ3) is 3.19. The molecule has 1 aliphatic heterocycles. The van der Waals surface area contributed by atoms with Gasteiger partial charge in [0, 0.05) is 6.54 Å². The molecule has 6 heteroatoms. The van der Waals surface area contributed by atoms with Crippen LogP contribution in [0.5, 0.6) is 0 Å². The molecule has 0 aromatic heterocycles. The smallest absolute Gasteiger partial charge is 0.370 e. The molecule has 0 radical (unpaired) electrons. The summed E-state index contributed by atoms with van der Waals surface area (Å²) in [6.45, 7) is 4.54. The molecular formula is C14H14F3NO2. The first-order chi connectivity index (χ1) is 9.41. The van der Waals surface area contributed by atoms with Gasteiger partial charge in [0.25, 0.3) is 0 Å². The van der Waals surface area contributed by atoms with Gasteiger partial charge in [-0.1, -0.05) is 18.7 Å². The van der Waals surface area contributed by atoms with Gasteiger partial charge in [0.2, 0.25) is 5.91 Å². The first-order valence-corrected chi connectivity index (χ1v) is 6.12. The highest BCUT2D eigenvalue weighted by Crippen LogP contribution is 2.31. The highest BCUT2D eigenvalue weighted by molar-refractivity contribution is 5.87. The number of morpholine rings is 1. The van der Waals surface area contributed by atoms with Crippen LogP contribution in [0.3, 0.4) is 0 Å². The summed E-state index contributed by atoms with van der Waals surface area (Å²) in [6, 6.07) is 4.81. The summed E-state index contributed by atoms with van der Waals surface area (Å²) in [5.74, 6) is -0.204. The van der Waals surface area contributed by atoms with E-state index in [-0.39, 0.29) is 5.91 Å². The van der Waals surface area contributed by atoms with E-state index in [9.17, 15) is 18.0 Å². The van der Waals surface area contributed by atoms with E-state index in [1.54, 1.807) is 4.90 Å². The molecule has 1 heterocycles. The zero-order valence-electron chi connectivity index (χ0n) is 10.7. The molecule has 1 unspecified atom stereocenters. The molecule has 0 aliphatic carbocycles. The SMILES string of the molecule is C=CC(=O)N1CCOC(c2ccc(C(F)(F)F)cc2)C1. The first-order valence-electron chi connectivity index (χ1n) is 6.12. The van der Waals surface area contributed by atoms with Gasteiger partial charge in [-0.3, -0.25) is 4.79 Å². The molecule has 0 saturated carbocycles. The van der Waals surface area contributed by atoms with E-state index in [0.717, 1.165) is 12.1 Å². The molecule has 1 saturated heterocycles. The van der Waals surface area contributed by atoms with Gasteiger partial charge in [-0.05, 0) is 23.8 Å². The number of ether oxygens (including phenoxy) is 1. The lowest BCUT2D eigenvalue weighted by Gasteiger charge is -2.32. The minimum Gasteiger partial charge on any atom is -0.370 e. The predicted molar refractivity (Wildman–Crippen MR) is 66.9 cm³/mol. The Morgan fingerprint density at radius 1 is 1.35 bits per heavy atom. The van der Waals surface area contributed by atoms with Crippen LogP contribution in [0, 0.1) is 0 Å². The van der Waals surface area contributed by atoms with Crippen molar-refractivity contribution in [1.29, 1.82) is 0 Å². The van der Waals surface area contributed by atoms with Gasteiger partial charge in [-0.25, -0.2) is 0 Å². The average Bonchev–Trinajstić information content (AvgIpc) is 2.46. The number of nitrogens with zero attached hydrogens (tertiary/aromatic N) is 1. The fourth-order valence-corrected chi connectivity index (χ4v) is 2.07. The summed E-state index contributed by atoms with van der Waals surface area (Å²) >= 11 is 0. The van der Waals surface area contributed by atoms with Crippen LogP contribution < -0.4 is 0 Å². The average molecular weight is 285 g/mol. The summed E-state index contributed by atoms with van der Waals surface area (Å²) in [5, 5.41) is 0. The molecule has 0 N–H and O–H groups in total. The lowest BCUT2D eigenvalue weighted by Crippen LogP contribution is -2.41. The molecule has 20 heavy (non-hydrogen) atoms. The van der Waals surface area contributed by atoms with E-state index >= 15 is 0 Å². The zero-order valence-corrected chi connectivity index (χ0v) is 10.7. The van der Waals surface area contributed by atoms with Crippen LogP contribution in [0.15, 0.2) is 36.9 Å². The van der Waals surface area contributed by atoms with Crippen molar-refractivity contribution < 1.29 is 22.7 Å². The van der Waals surface area contributed by atoms with Crippen molar-refractivity contribution in [2.45, 2.75) is 12.3 Å². The van der Waals surface area contributed by atoms with Gasteiger partial charge in [0.15, 0.2) is 0 Å². The Hall–Kier alpha value is -1.82. The maximum Gasteiger partial charge on any atom is 0.416 e. The van der Waals surface area contributed by atoms with E-state index in [1.165, 1.54) is 18.2 Å². The molecule has 0 spiro atoms. The van der Waals surface area contributed by atoms with Crippen molar-refractivity contribution in [1.82, 2.24) is 4.90 Å². The third-order valence-electron chi connectivity index (χ3n) is 3.16. The Morgan fingerprint density at radius 2 is 2.00 bits per heavy atom. The maximum absolute atomic E-state index is 12.5. The standard InChI is InChI=1S/C14H14F3NO2/c1-2-13(19)18-7-8-20-12(9-18)10-3-5-11(6-4-10)14(15,16)17/h2-6,12H,1,7-9H2. The predicted octanol–water partition coefficient (Wildman–Crippen LogP) is 2.79. The number of hydrogen-bond acceptors (Lipinski definition) is 2. The van der Waals surface area contributed by atoms with Gasteiger partial charge in [-0.2, -0.15) is 13.2 Å². The number of amides is 1. The summed E-state index contributed by atoms with van der Waals surface area (Å²) in [5.41, 5.74) is -0.0735. The molecule has 0 bridgehead atoms. The molecule has 1 atom stereocenters. The maximum atomic E-state index is 12.5. The number of alkyl halides is 3. The van der Waals surface area contributed by atoms with Crippen LogP contribution in [-0.2, 0) is 15.7 Å². The second kappa shape index (κ2) is 5.66. The lowest BCUT2D eigenvalue weighted by atomic mass is 10.1. The van der Waals surface area contributed by atoms with Crippen molar-refractivity contribution in [2.24, 2.45) is 0 Å². The van der Waals surface area contributed by atoms with E-state index in [0.29, 0.717) is 25.3 Å². The first kappa shape index (κ1) is 14.6. The fourth-order valence-electron chi connectivity index (χ4n) is 2.07. The Balaban J connectivity index is 2.11. The normalized spacial score (nSPS) is 19.8. The minimum absolute atomic E-state index is 0.204. The van der Waals surface area contributed by atoms with E-state index in [1.807, 2.05) is 0 Å². The highest BCUT2D eigenvalue weighted by Gasteiger charge is 2.31. The third-order valence-corrected chi connectivity index (χ3v) is 3.16. The molecule has 1 fully saturated rings. The zero-order chi connectivity index (χ0) is 14.8. The summed E-state index contributed by atoms with van der Waals surface area (Å²) in [7, 11) is 0. The second-order valence-corrected chi connectivity index (χ2v) is 4.47. The largest absolute Gasteiger partial charge is 0.416 e. The van der Waals surface area contributed by atoms with Gasteiger partial charge < -0.3 is 9.64 Å². The van der Waals surface area contributed by atoms with Crippen molar-refractivity contribution >= 4 is 5.91 Å². The van der Waals surface area contributed by atoms with Gasteiger partial charge in [0.05, 0.1) is 18.7 Å². The Morgan fingerprint density at radius 3 is 2.55 bits per heavy atom. The van der Waals surface area contributed by atoms with Crippen LogP contribution in [0.25, 0.3) is 0 Å². The molecule has 108 valence electrons. The van der Waals surface area contributed by atoms with Crippen molar-refractivity contribution in [2.75, 3.05) is 19.7 Å². The monoisotopic (exact) mass is 285 g/mol. The van der Waals surface area contributed by atoms with Crippen LogP contribution in [0.2, 0.25) is 0 Å². The molecule has 3 nitrogen and oxygen atoms in total. The molecule has 1 aromatic rings. The van der Waals surface area contributed by atoms with Crippen LogP contribution in [-0.4, -0.2) is 30.5 Å². The van der Waals surface area contributed by atoms with Crippen LogP contribution >= 0.6 is 0 Å². The van der Waals surface area contributed by atoms with Gasteiger partial charge >= 0.3 is 6.18 Å². The van der Waals surface area contributed by atoms with Crippen LogP contribution in [0.4, 0.5) is 13.2 Å². The second-order valence-electron chi connectivity index (χ2n) is 4.47. The molecule has 2 rings (SSSR count). The number of carbonyl (C=O) groups excluding carboxylic acids is 1. The number of rotatable bonds is 2. The Labute approximate surface area is 114 Å². The highest BCUT2D eigenvalue weighted by atomic mass is 19.4. The Bertz CT molecular complexity index is 496. The minimum atomic E-state index is -4.35. The van der Waals surface area contributed by atoms with Gasteiger partial charge in [-0.15, -0.1) is 0 Å². The number of carbonyl (C=O) groups is 1. The summed E-state index contributed by atoms with van der Waals surface area (Å²) < 4.78 is 42.9. The number of hydrogen-bond donors (Lipinski definition) is 0. The molecule has 1 amide bonds. The lowest BCUT2D eigenvalue weighted by molar-refractivity contribution is -0.137. The van der Waals surface area contributed by atoms with Crippen molar-refractivity contribution in [3.63, 3.8) is 0 Å². The molecular weight excluding hydrogens is 271 g/mol. The Kier molecular flexibility index (Phi) is 4.13. The fraction of sp³-hybridized carbons (Fsp3) is 0.357. The molecule has 1 aromatic carbocycles. The summed E-state index contributed by atoms with van der Waals surface area (Å²) in [6.07, 6.45) is -3.54. The number of halogens is 3. The van der Waals surface area contributed by atoms with Crippen molar-refractivity contribution in [3.8, 4) is 0 Å². The van der Waals surface area contributed by atoms with E-state index < -0.39 is 17.8 Å². The summed E-state index contributed by atoms with van der Waals surface area (Å²) in [4.78, 5) is 13.1.